The number of pyridine rings is 1. The van der Waals surface area contributed by atoms with Crippen molar-refractivity contribution < 1.29 is 13.2 Å². The van der Waals surface area contributed by atoms with Crippen molar-refractivity contribution in [3.05, 3.63) is 23.5 Å². The first-order valence-corrected chi connectivity index (χ1v) is 7.96. The van der Waals surface area contributed by atoms with E-state index < -0.39 is 10.0 Å². The van der Waals surface area contributed by atoms with Crippen LogP contribution in [0.25, 0.3) is 0 Å². The molecule has 2 heterocycles. The number of sulfonamides is 1. The Morgan fingerprint density at radius 1 is 1.58 bits per heavy atom. The van der Waals surface area contributed by atoms with Crippen LogP contribution < -0.4 is 0 Å². The van der Waals surface area contributed by atoms with Gasteiger partial charge in [-0.3, -0.25) is 0 Å². The first kappa shape index (κ1) is 14.7. The minimum absolute atomic E-state index is 0.187. The van der Waals surface area contributed by atoms with Crippen LogP contribution in [0.15, 0.2) is 23.2 Å². The average Bonchev–Trinajstić information content (AvgIpc) is 2.39. The van der Waals surface area contributed by atoms with Crippen LogP contribution in [-0.4, -0.2) is 44.5 Å². The molecule has 1 aliphatic rings. The van der Waals surface area contributed by atoms with Crippen molar-refractivity contribution >= 4 is 21.6 Å². The Morgan fingerprint density at radius 3 is 3.05 bits per heavy atom. The second-order valence-electron chi connectivity index (χ2n) is 4.64. The predicted octanol–water partition coefficient (Wildman–Crippen LogP) is 1.78. The molecular formula is C12H17ClN2O3S. The molecule has 0 spiro atoms. The third-order valence-electron chi connectivity index (χ3n) is 3.22. The van der Waals surface area contributed by atoms with Gasteiger partial charge in [-0.15, -0.1) is 0 Å². The predicted molar refractivity (Wildman–Crippen MR) is 72.6 cm³/mol. The van der Waals surface area contributed by atoms with Crippen molar-refractivity contribution in [1.82, 2.24) is 9.29 Å². The van der Waals surface area contributed by atoms with Gasteiger partial charge < -0.3 is 4.74 Å². The molecule has 19 heavy (non-hydrogen) atoms. The van der Waals surface area contributed by atoms with Gasteiger partial charge in [0.1, 0.15) is 5.15 Å². The first-order chi connectivity index (χ1) is 9.04. The molecule has 7 heteroatoms. The van der Waals surface area contributed by atoms with E-state index in [4.69, 9.17) is 16.3 Å². The summed E-state index contributed by atoms with van der Waals surface area (Å²) in [6, 6.07) is 2.86. The second-order valence-corrected chi connectivity index (χ2v) is 6.97. The van der Waals surface area contributed by atoms with Gasteiger partial charge in [0.25, 0.3) is 0 Å². The van der Waals surface area contributed by atoms with Crippen molar-refractivity contribution in [1.29, 1.82) is 0 Å². The monoisotopic (exact) mass is 304 g/mol. The van der Waals surface area contributed by atoms with Gasteiger partial charge in [-0.25, -0.2) is 13.4 Å². The Balaban J connectivity index is 2.19. The fourth-order valence-corrected chi connectivity index (χ4v) is 4.12. The van der Waals surface area contributed by atoms with Crippen molar-refractivity contribution in [2.45, 2.75) is 17.7 Å². The van der Waals surface area contributed by atoms with Gasteiger partial charge >= 0.3 is 0 Å². The number of rotatable bonds is 4. The zero-order valence-corrected chi connectivity index (χ0v) is 12.3. The molecule has 106 valence electrons. The molecule has 0 aromatic carbocycles. The SMILES string of the molecule is COCC1CCCN(S(=O)(=O)c2ccnc(Cl)c2)C1. The number of nitrogens with zero attached hydrogens (tertiary/aromatic N) is 2. The standard InChI is InChI=1S/C12H17ClN2O3S/c1-18-9-10-3-2-6-15(8-10)19(16,17)11-4-5-14-12(13)7-11/h4-5,7,10H,2-3,6,8-9H2,1H3. The Kier molecular flexibility index (Phi) is 4.78. The van der Waals surface area contributed by atoms with Gasteiger partial charge in [0, 0.05) is 26.4 Å². The summed E-state index contributed by atoms with van der Waals surface area (Å²) in [5.41, 5.74) is 0. The van der Waals surface area contributed by atoms with Crippen molar-refractivity contribution in [3.8, 4) is 0 Å². The lowest BCUT2D eigenvalue weighted by Crippen LogP contribution is -2.41. The van der Waals surface area contributed by atoms with Gasteiger partial charge in [0.05, 0.1) is 11.5 Å². The van der Waals surface area contributed by atoms with Crippen LogP contribution in [0.1, 0.15) is 12.8 Å². The highest BCUT2D eigenvalue weighted by Crippen LogP contribution is 2.24. The lowest BCUT2D eigenvalue weighted by Gasteiger charge is -2.31. The Labute approximate surface area is 118 Å². The third-order valence-corrected chi connectivity index (χ3v) is 5.29. The van der Waals surface area contributed by atoms with Crippen LogP contribution in [0.3, 0.4) is 0 Å². The Hall–Kier alpha value is -0.690. The minimum Gasteiger partial charge on any atom is -0.384 e. The zero-order chi connectivity index (χ0) is 13.9. The van der Waals surface area contributed by atoms with Crippen LogP contribution in [0, 0.1) is 5.92 Å². The maximum absolute atomic E-state index is 12.5. The highest BCUT2D eigenvalue weighted by molar-refractivity contribution is 7.89. The molecule has 0 radical (unpaired) electrons. The molecule has 1 aliphatic heterocycles. The first-order valence-electron chi connectivity index (χ1n) is 6.14. The molecule has 1 aromatic heterocycles. The fourth-order valence-electron chi connectivity index (χ4n) is 2.31. The van der Waals surface area contributed by atoms with Crippen LogP contribution in [0.2, 0.25) is 5.15 Å². The van der Waals surface area contributed by atoms with Crippen LogP contribution in [0.5, 0.6) is 0 Å². The van der Waals surface area contributed by atoms with E-state index in [1.165, 1.54) is 22.6 Å². The fraction of sp³-hybridized carbons (Fsp3) is 0.583. The molecule has 5 nitrogen and oxygen atoms in total. The van der Waals surface area contributed by atoms with E-state index in [2.05, 4.69) is 4.98 Å². The lowest BCUT2D eigenvalue weighted by molar-refractivity contribution is 0.118. The van der Waals surface area contributed by atoms with E-state index in [9.17, 15) is 8.42 Å². The molecule has 0 bridgehead atoms. The normalized spacial score (nSPS) is 21.5. The van der Waals surface area contributed by atoms with Crippen LogP contribution in [0.4, 0.5) is 0 Å². The largest absolute Gasteiger partial charge is 0.384 e. The van der Waals surface area contributed by atoms with Gasteiger partial charge in [0.15, 0.2) is 0 Å². The minimum atomic E-state index is -3.48. The van der Waals surface area contributed by atoms with E-state index in [1.807, 2.05) is 0 Å². The molecule has 0 N–H and O–H groups in total. The lowest BCUT2D eigenvalue weighted by atomic mass is 10.0. The van der Waals surface area contributed by atoms with Crippen LogP contribution in [-0.2, 0) is 14.8 Å². The Morgan fingerprint density at radius 2 is 2.37 bits per heavy atom. The molecule has 0 amide bonds. The second kappa shape index (κ2) is 6.17. The van der Waals surface area contributed by atoms with E-state index >= 15 is 0 Å². The zero-order valence-electron chi connectivity index (χ0n) is 10.8. The average molecular weight is 305 g/mol. The number of methoxy groups -OCH3 is 1. The number of hydrogen-bond donors (Lipinski definition) is 0. The number of halogens is 1. The summed E-state index contributed by atoms with van der Waals surface area (Å²) in [6.07, 6.45) is 3.26. The topological polar surface area (TPSA) is 59.5 Å². The van der Waals surface area contributed by atoms with Crippen molar-refractivity contribution in [2.75, 3.05) is 26.8 Å². The van der Waals surface area contributed by atoms with Crippen molar-refractivity contribution in [2.24, 2.45) is 5.92 Å². The number of piperidine rings is 1. The van der Waals surface area contributed by atoms with E-state index in [0.717, 1.165) is 12.8 Å². The third kappa shape index (κ3) is 3.45. The summed E-state index contributed by atoms with van der Waals surface area (Å²) >= 11 is 5.75. The van der Waals surface area contributed by atoms with E-state index in [1.54, 1.807) is 7.11 Å². The highest BCUT2D eigenvalue weighted by atomic mass is 35.5. The molecule has 1 fully saturated rings. The quantitative estimate of drug-likeness (QED) is 0.796. The van der Waals surface area contributed by atoms with Gasteiger partial charge in [0.2, 0.25) is 10.0 Å². The smallest absolute Gasteiger partial charge is 0.243 e. The number of ether oxygens (including phenoxy) is 1. The molecular weight excluding hydrogens is 288 g/mol. The highest BCUT2D eigenvalue weighted by Gasteiger charge is 2.30. The molecule has 1 atom stereocenters. The summed E-state index contributed by atoms with van der Waals surface area (Å²) in [5, 5.41) is 0.187. The van der Waals surface area contributed by atoms with Gasteiger partial charge in [-0.1, -0.05) is 11.6 Å². The molecule has 0 saturated carbocycles. The molecule has 1 saturated heterocycles. The van der Waals surface area contributed by atoms with Gasteiger partial charge in [-0.05, 0) is 30.9 Å². The van der Waals surface area contributed by atoms with E-state index in [0.29, 0.717) is 19.7 Å². The number of aromatic nitrogens is 1. The summed E-state index contributed by atoms with van der Waals surface area (Å²) in [4.78, 5) is 4.00. The van der Waals surface area contributed by atoms with Crippen molar-refractivity contribution in [3.63, 3.8) is 0 Å². The van der Waals surface area contributed by atoms with Crippen LogP contribution >= 0.6 is 11.6 Å². The molecule has 1 unspecified atom stereocenters. The van der Waals surface area contributed by atoms with Gasteiger partial charge in [-0.2, -0.15) is 4.31 Å². The summed E-state index contributed by atoms with van der Waals surface area (Å²) in [7, 11) is -1.85. The summed E-state index contributed by atoms with van der Waals surface area (Å²) in [5.74, 6) is 0.255. The maximum Gasteiger partial charge on any atom is 0.243 e. The molecule has 0 aliphatic carbocycles. The molecule has 2 rings (SSSR count). The summed E-state index contributed by atoms with van der Waals surface area (Å²) in [6.45, 7) is 1.63. The Bertz CT molecular complexity index is 534. The molecule has 1 aromatic rings. The number of hydrogen-bond acceptors (Lipinski definition) is 4. The maximum atomic E-state index is 12.5. The summed E-state index contributed by atoms with van der Waals surface area (Å²) < 4.78 is 31.6. The van der Waals surface area contributed by atoms with E-state index in [-0.39, 0.29) is 16.0 Å².